The zero-order chi connectivity index (χ0) is 14.8. The largest absolute Gasteiger partial charge is 0.327 e. The first-order valence-corrected chi connectivity index (χ1v) is 7.14. The fraction of sp³-hybridized carbons (Fsp3) is 0.0625. The lowest BCUT2D eigenvalue weighted by Gasteiger charge is -2.08. The van der Waals surface area contributed by atoms with Gasteiger partial charge in [0.25, 0.3) is 0 Å². The molecule has 1 heterocycles. The molecule has 0 saturated carbocycles. The van der Waals surface area contributed by atoms with Crippen LogP contribution in [0.4, 0.5) is 8.78 Å². The number of imidazole rings is 1. The Bertz CT molecular complexity index is 766. The van der Waals surface area contributed by atoms with E-state index < -0.39 is 11.6 Å². The summed E-state index contributed by atoms with van der Waals surface area (Å²) >= 11 is 3.39. The zero-order valence-corrected chi connectivity index (χ0v) is 12.5. The summed E-state index contributed by atoms with van der Waals surface area (Å²) in [6, 6.07) is 11.7. The Morgan fingerprint density at radius 2 is 1.76 bits per heavy atom. The standard InChI is InChI=1S/C16H11BrF2N2/c17-13-4-2-12(3-5-13)16-20-7-8-21(16)10-11-1-6-14(18)15(19)9-11/h1-9H,10H2. The van der Waals surface area contributed by atoms with Crippen LogP contribution in [-0.2, 0) is 6.54 Å². The number of nitrogens with zero attached hydrogens (tertiary/aromatic N) is 2. The van der Waals surface area contributed by atoms with E-state index >= 15 is 0 Å². The molecule has 2 aromatic carbocycles. The maximum Gasteiger partial charge on any atom is 0.159 e. The minimum absolute atomic E-state index is 0.433. The normalized spacial score (nSPS) is 10.8. The number of hydrogen-bond acceptors (Lipinski definition) is 1. The van der Waals surface area contributed by atoms with Gasteiger partial charge in [-0.1, -0.05) is 34.1 Å². The van der Waals surface area contributed by atoms with Gasteiger partial charge in [-0.05, 0) is 29.8 Å². The zero-order valence-electron chi connectivity index (χ0n) is 10.9. The van der Waals surface area contributed by atoms with Crippen molar-refractivity contribution in [2.24, 2.45) is 0 Å². The van der Waals surface area contributed by atoms with E-state index in [-0.39, 0.29) is 0 Å². The average Bonchev–Trinajstić information content (AvgIpc) is 2.92. The summed E-state index contributed by atoms with van der Waals surface area (Å²) in [6.07, 6.45) is 3.51. The third-order valence-corrected chi connectivity index (χ3v) is 3.68. The predicted molar refractivity (Wildman–Crippen MR) is 80.8 cm³/mol. The van der Waals surface area contributed by atoms with Gasteiger partial charge in [-0.25, -0.2) is 13.8 Å². The Morgan fingerprint density at radius 3 is 2.48 bits per heavy atom. The van der Waals surface area contributed by atoms with Gasteiger partial charge in [-0.15, -0.1) is 0 Å². The summed E-state index contributed by atoms with van der Waals surface area (Å²) in [7, 11) is 0. The van der Waals surface area contributed by atoms with Crippen molar-refractivity contribution in [3.63, 3.8) is 0 Å². The monoisotopic (exact) mass is 348 g/mol. The lowest BCUT2D eigenvalue weighted by molar-refractivity contribution is 0.506. The van der Waals surface area contributed by atoms with Crippen LogP contribution in [0.15, 0.2) is 59.3 Å². The highest BCUT2D eigenvalue weighted by Gasteiger charge is 2.08. The van der Waals surface area contributed by atoms with Crippen molar-refractivity contribution in [2.45, 2.75) is 6.54 Å². The molecule has 0 aliphatic heterocycles. The van der Waals surface area contributed by atoms with Crippen molar-refractivity contribution in [2.75, 3.05) is 0 Å². The van der Waals surface area contributed by atoms with Gasteiger partial charge in [0, 0.05) is 29.0 Å². The van der Waals surface area contributed by atoms with Gasteiger partial charge >= 0.3 is 0 Å². The van der Waals surface area contributed by atoms with Crippen molar-refractivity contribution >= 4 is 15.9 Å². The first kappa shape index (κ1) is 13.9. The second-order valence-electron chi connectivity index (χ2n) is 4.63. The van der Waals surface area contributed by atoms with Gasteiger partial charge in [0.05, 0.1) is 0 Å². The van der Waals surface area contributed by atoms with E-state index in [9.17, 15) is 8.78 Å². The lowest BCUT2D eigenvalue weighted by Crippen LogP contribution is -2.02. The highest BCUT2D eigenvalue weighted by atomic mass is 79.9. The molecule has 5 heteroatoms. The molecule has 0 amide bonds. The van der Waals surface area contributed by atoms with Gasteiger partial charge in [0.2, 0.25) is 0 Å². The van der Waals surface area contributed by atoms with Crippen LogP contribution in [0, 0.1) is 11.6 Å². The van der Waals surface area contributed by atoms with E-state index in [0.29, 0.717) is 12.1 Å². The minimum Gasteiger partial charge on any atom is -0.327 e. The Morgan fingerprint density at radius 1 is 1.00 bits per heavy atom. The van der Waals surface area contributed by atoms with Crippen molar-refractivity contribution in [1.29, 1.82) is 0 Å². The molecule has 0 N–H and O–H groups in total. The summed E-state index contributed by atoms with van der Waals surface area (Å²) in [6.45, 7) is 0.433. The Kier molecular flexibility index (Phi) is 3.84. The summed E-state index contributed by atoms with van der Waals surface area (Å²) in [5.74, 6) is -0.887. The van der Waals surface area contributed by atoms with E-state index in [2.05, 4.69) is 20.9 Å². The van der Waals surface area contributed by atoms with Crippen LogP contribution in [0.2, 0.25) is 0 Å². The fourth-order valence-corrected chi connectivity index (χ4v) is 2.40. The van der Waals surface area contributed by atoms with E-state index in [1.165, 1.54) is 6.07 Å². The van der Waals surface area contributed by atoms with Crippen molar-refractivity contribution < 1.29 is 8.78 Å². The molecule has 21 heavy (non-hydrogen) atoms. The number of halogens is 3. The van der Waals surface area contributed by atoms with Gasteiger partial charge in [0.1, 0.15) is 5.82 Å². The number of aromatic nitrogens is 2. The van der Waals surface area contributed by atoms with E-state index in [1.54, 1.807) is 12.3 Å². The van der Waals surface area contributed by atoms with E-state index in [1.807, 2.05) is 35.0 Å². The van der Waals surface area contributed by atoms with Crippen molar-refractivity contribution in [1.82, 2.24) is 9.55 Å². The summed E-state index contributed by atoms with van der Waals surface area (Å²) in [5, 5.41) is 0. The van der Waals surface area contributed by atoms with Crippen LogP contribution in [0.5, 0.6) is 0 Å². The molecule has 3 aromatic rings. The third-order valence-electron chi connectivity index (χ3n) is 3.15. The molecule has 0 atom stereocenters. The molecule has 0 saturated heterocycles. The van der Waals surface area contributed by atoms with Crippen LogP contribution in [0.25, 0.3) is 11.4 Å². The summed E-state index contributed by atoms with van der Waals surface area (Å²) < 4.78 is 29.1. The first-order valence-electron chi connectivity index (χ1n) is 6.34. The van der Waals surface area contributed by atoms with Crippen LogP contribution >= 0.6 is 15.9 Å². The van der Waals surface area contributed by atoms with Crippen LogP contribution in [0.3, 0.4) is 0 Å². The highest BCUT2D eigenvalue weighted by Crippen LogP contribution is 2.21. The lowest BCUT2D eigenvalue weighted by atomic mass is 10.2. The maximum atomic E-state index is 13.3. The predicted octanol–water partition coefficient (Wildman–Crippen LogP) is 4.64. The van der Waals surface area contributed by atoms with Gasteiger partial charge in [0.15, 0.2) is 11.6 Å². The van der Waals surface area contributed by atoms with Gasteiger partial charge in [-0.3, -0.25) is 0 Å². The molecule has 2 nitrogen and oxygen atoms in total. The second kappa shape index (κ2) is 5.77. The first-order chi connectivity index (χ1) is 10.1. The van der Waals surface area contributed by atoms with Crippen LogP contribution < -0.4 is 0 Å². The third kappa shape index (κ3) is 3.03. The number of rotatable bonds is 3. The minimum atomic E-state index is -0.836. The molecule has 3 rings (SSSR count). The summed E-state index contributed by atoms with van der Waals surface area (Å²) in [4.78, 5) is 4.33. The quantitative estimate of drug-likeness (QED) is 0.674. The highest BCUT2D eigenvalue weighted by molar-refractivity contribution is 9.10. The Labute approximate surface area is 129 Å². The fourth-order valence-electron chi connectivity index (χ4n) is 2.13. The molecule has 0 radical (unpaired) electrons. The van der Waals surface area contributed by atoms with Gasteiger partial charge < -0.3 is 4.57 Å². The van der Waals surface area contributed by atoms with Crippen molar-refractivity contribution in [3.8, 4) is 11.4 Å². The number of hydrogen-bond donors (Lipinski definition) is 0. The molecule has 0 bridgehead atoms. The molecule has 0 unspecified atom stereocenters. The molecule has 0 spiro atoms. The topological polar surface area (TPSA) is 17.8 Å². The maximum absolute atomic E-state index is 13.3. The molecule has 106 valence electrons. The summed E-state index contributed by atoms with van der Waals surface area (Å²) in [5.41, 5.74) is 1.65. The SMILES string of the molecule is Fc1ccc(Cn2ccnc2-c2ccc(Br)cc2)cc1F. The molecular weight excluding hydrogens is 338 g/mol. The molecule has 0 aliphatic carbocycles. The van der Waals surface area contributed by atoms with E-state index in [4.69, 9.17) is 0 Å². The van der Waals surface area contributed by atoms with Crippen LogP contribution in [-0.4, -0.2) is 9.55 Å². The second-order valence-corrected chi connectivity index (χ2v) is 5.55. The molecule has 0 aliphatic rings. The number of benzene rings is 2. The molecule has 0 fully saturated rings. The van der Waals surface area contributed by atoms with Gasteiger partial charge in [-0.2, -0.15) is 0 Å². The van der Waals surface area contributed by atoms with Crippen LogP contribution in [0.1, 0.15) is 5.56 Å². The Balaban J connectivity index is 1.92. The van der Waals surface area contributed by atoms with E-state index in [0.717, 1.165) is 21.9 Å². The smallest absolute Gasteiger partial charge is 0.159 e. The Hall–Kier alpha value is -2.01. The van der Waals surface area contributed by atoms with Crippen molar-refractivity contribution in [3.05, 3.63) is 76.5 Å². The average molecular weight is 349 g/mol. The molecular formula is C16H11BrF2N2. The molecule has 1 aromatic heterocycles.